The molecule has 20 heavy (non-hydrogen) atoms. The van der Waals surface area contributed by atoms with E-state index in [0.29, 0.717) is 11.6 Å². The van der Waals surface area contributed by atoms with Crippen LogP contribution in [0.15, 0.2) is 42.9 Å². The molecule has 3 aromatic rings. The summed E-state index contributed by atoms with van der Waals surface area (Å²) in [6.45, 7) is 2.80. The van der Waals surface area contributed by atoms with E-state index >= 15 is 0 Å². The maximum absolute atomic E-state index is 6.20. The van der Waals surface area contributed by atoms with Gasteiger partial charge in [-0.2, -0.15) is 5.10 Å². The Bertz CT molecular complexity index is 721. The number of aryl methyl sites for hydroxylation is 1. The molecule has 0 spiro atoms. The Kier molecular flexibility index (Phi) is 3.56. The molecule has 0 atom stereocenters. The molecule has 0 unspecified atom stereocenters. The van der Waals surface area contributed by atoms with Crippen LogP contribution in [0.3, 0.4) is 0 Å². The second kappa shape index (κ2) is 5.51. The van der Waals surface area contributed by atoms with Crippen LogP contribution in [0.2, 0.25) is 5.02 Å². The minimum atomic E-state index is 0.685. The van der Waals surface area contributed by atoms with Gasteiger partial charge < -0.3 is 5.32 Å². The van der Waals surface area contributed by atoms with E-state index in [2.05, 4.69) is 22.3 Å². The third kappa shape index (κ3) is 2.47. The molecule has 0 saturated heterocycles. The molecule has 0 aliphatic rings. The maximum Gasteiger partial charge on any atom is 0.129 e. The third-order valence-electron chi connectivity index (χ3n) is 3.24. The van der Waals surface area contributed by atoms with Crippen molar-refractivity contribution in [3.8, 4) is 0 Å². The van der Waals surface area contributed by atoms with Crippen LogP contribution in [-0.4, -0.2) is 14.6 Å². The fraction of sp³-hybridized carbons (Fsp3) is 0.200. The predicted octanol–water partition coefficient (Wildman–Crippen LogP) is 3.56. The quantitative estimate of drug-likeness (QED) is 0.797. The molecule has 5 heteroatoms. The van der Waals surface area contributed by atoms with E-state index < -0.39 is 0 Å². The first-order valence-electron chi connectivity index (χ1n) is 6.57. The minimum Gasteiger partial charge on any atom is -0.366 e. The van der Waals surface area contributed by atoms with Crippen LogP contribution in [0.4, 0.5) is 5.82 Å². The molecule has 102 valence electrons. The van der Waals surface area contributed by atoms with Crippen LogP contribution < -0.4 is 5.32 Å². The fourth-order valence-corrected chi connectivity index (χ4v) is 2.40. The van der Waals surface area contributed by atoms with Gasteiger partial charge in [-0.05, 0) is 35.7 Å². The lowest BCUT2D eigenvalue weighted by Crippen LogP contribution is -2.05. The van der Waals surface area contributed by atoms with Gasteiger partial charge in [0, 0.05) is 24.0 Å². The number of nitrogens with zero attached hydrogens (tertiary/aromatic N) is 3. The summed E-state index contributed by atoms with van der Waals surface area (Å²) in [5.74, 6) is 0.885. The van der Waals surface area contributed by atoms with Crippen molar-refractivity contribution in [2.24, 2.45) is 0 Å². The van der Waals surface area contributed by atoms with E-state index in [1.54, 1.807) is 6.20 Å². The highest BCUT2D eigenvalue weighted by atomic mass is 35.5. The average Bonchev–Trinajstić information content (AvgIpc) is 2.88. The van der Waals surface area contributed by atoms with Crippen molar-refractivity contribution in [2.45, 2.75) is 19.9 Å². The summed E-state index contributed by atoms with van der Waals surface area (Å²) in [5, 5.41) is 8.49. The van der Waals surface area contributed by atoms with Crippen molar-refractivity contribution in [1.29, 1.82) is 0 Å². The Morgan fingerprint density at radius 1 is 1.30 bits per heavy atom. The van der Waals surface area contributed by atoms with Crippen molar-refractivity contribution in [1.82, 2.24) is 14.6 Å². The Hall–Kier alpha value is -2.07. The summed E-state index contributed by atoms with van der Waals surface area (Å²) in [6.07, 6.45) is 6.43. The number of rotatable bonds is 4. The van der Waals surface area contributed by atoms with Crippen molar-refractivity contribution < 1.29 is 0 Å². The molecule has 0 aliphatic heterocycles. The second-order valence-electron chi connectivity index (χ2n) is 4.59. The number of anilines is 1. The molecule has 0 radical (unpaired) electrons. The van der Waals surface area contributed by atoms with Gasteiger partial charge in [-0.1, -0.05) is 24.6 Å². The molecular weight excluding hydrogens is 272 g/mol. The number of fused-ring (bicyclic) bond motifs is 1. The molecule has 0 amide bonds. The smallest absolute Gasteiger partial charge is 0.129 e. The number of pyridine rings is 2. The van der Waals surface area contributed by atoms with Crippen molar-refractivity contribution in [3.05, 3.63) is 59.0 Å². The lowest BCUT2D eigenvalue weighted by atomic mass is 10.2. The molecule has 0 fully saturated rings. The van der Waals surface area contributed by atoms with Gasteiger partial charge in [-0.3, -0.25) is 4.98 Å². The van der Waals surface area contributed by atoms with Crippen LogP contribution in [0.25, 0.3) is 5.52 Å². The molecule has 4 nitrogen and oxygen atoms in total. The maximum atomic E-state index is 6.20. The summed E-state index contributed by atoms with van der Waals surface area (Å²) < 4.78 is 1.89. The third-order valence-corrected chi connectivity index (χ3v) is 3.46. The van der Waals surface area contributed by atoms with E-state index in [4.69, 9.17) is 11.6 Å². The lowest BCUT2D eigenvalue weighted by Gasteiger charge is -2.09. The zero-order valence-corrected chi connectivity index (χ0v) is 11.9. The first kappa shape index (κ1) is 12.9. The van der Waals surface area contributed by atoms with Crippen molar-refractivity contribution in [3.63, 3.8) is 0 Å². The number of halogens is 1. The normalized spacial score (nSPS) is 10.9. The average molecular weight is 287 g/mol. The molecule has 1 N–H and O–H groups in total. The van der Waals surface area contributed by atoms with E-state index in [0.717, 1.165) is 23.3 Å². The van der Waals surface area contributed by atoms with Gasteiger partial charge in [-0.15, -0.1) is 0 Å². The lowest BCUT2D eigenvalue weighted by molar-refractivity contribution is 0.942. The molecule has 3 aromatic heterocycles. The van der Waals surface area contributed by atoms with Gasteiger partial charge in [0.25, 0.3) is 0 Å². The van der Waals surface area contributed by atoms with E-state index in [-0.39, 0.29) is 0 Å². The number of hydrogen-bond donors (Lipinski definition) is 1. The Morgan fingerprint density at radius 2 is 2.20 bits per heavy atom. The topological polar surface area (TPSA) is 42.2 Å². The van der Waals surface area contributed by atoms with Gasteiger partial charge in [-0.25, -0.2) is 4.52 Å². The molecule has 3 heterocycles. The molecular formula is C15H15ClN4. The van der Waals surface area contributed by atoms with Gasteiger partial charge in [0.15, 0.2) is 0 Å². The van der Waals surface area contributed by atoms with Gasteiger partial charge in [0.05, 0.1) is 11.7 Å². The second-order valence-corrected chi connectivity index (χ2v) is 5.03. The zero-order chi connectivity index (χ0) is 13.9. The molecule has 0 bridgehead atoms. The number of aromatic nitrogens is 3. The van der Waals surface area contributed by atoms with Gasteiger partial charge in [0.2, 0.25) is 0 Å². The van der Waals surface area contributed by atoms with Gasteiger partial charge >= 0.3 is 0 Å². The first-order valence-corrected chi connectivity index (χ1v) is 6.94. The largest absolute Gasteiger partial charge is 0.366 e. The minimum absolute atomic E-state index is 0.685. The molecule has 0 aromatic carbocycles. The van der Waals surface area contributed by atoms with E-state index in [1.807, 2.05) is 41.2 Å². The van der Waals surface area contributed by atoms with Crippen LogP contribution in [0.5, 0.6) is 0 Å². The van der Waals surface area contributed by atoms with Crippen LogP contribution in [0, 0.1) is 0 Å². The van der Waals surface area contributed by atoms with E-state index in [1.165, 1.54) is 5.56 Å². The summed E-state index contributed by atoms with van der Waals surface area (Å²) >= 11 is 6.20. The number of nitrogens with one attached hydrogen (secondary N) is 1. The van der Waals surface area contributed by atoms with E-state index in [9.17, 15) is 0 Å². The Labute approximate surface area is 122 Å². The highest BCUT2D eigenvalue weighted by Gasteiger charge is 2.08. The summed E-state index contributed by atoms with van der Waals surface area (Å²) in [4.78, 5) is 4.11. The monoisotopic (exact) mass is 286 g/mol. The number of hydrogen-bond acceptors (Lipinski definition) is 3. The molecule has 0 aliphatic carbocycles. The zero-order valence-electron chi connectivity index (χ0n) is 11.2. The van der Waals surface area contributed by atoms with Crippen LogP contribution in [-0.2, 0) is 13.0 Å². The van der Waals surface area contributed by atoms with Crippen molar-refractivity contribution in [2.75, 3.05) is 5.32 Å². The summed E-state index contributed by atoms with van der Waals surface area (Å²) in [7, 11) is 0. The molecule has 0 saturated carbocycles. The fourth-order valence-electron chi connectivity index (χ4n) is 2.20. The summed E-state index contributed by atoms with van der Waals surface area (Å²) in [6, 6.07) is 7.79. The van der Waals surface area contributed by atoms with Crippen LogP contribution >= 0.6 is 11.6 Å². The Balaban J connectivity index is 1.93. The van der Waals surface area contributed by atoms with Crippen molar-refractivity contribution >= 4 is 22.9 Å². The van der Waals surface area contributed by atoms with Crippen LogP contribution in [0.1, 0.15) is 18.1 Å². The summed E-state index contributed by atoms with van der Waals surface area (Å²) in [5.41, 5.74) is 3.36. The molecule has 3 rings (SSSR count). The highest BCUT2D eigenvalue weighted by molar-refractivity contribution is 6.31. The highest BCUT2D eigenvalue weighted by Crippen LogP contribution is 2.23. The Morgan fingerprint density at radius 3 is 2.95 bits per heavy atom. The van der Waals surface area contributed by atoms with Gasteiger partial charge in [0.1, 0.15) is 5.82 Å². The standard InChI is InChI=1S/C15H15ClN4/c1-2-12-10-19-20-14(12)6-13(16)7-15(20)18-9-11-4-3-5-17-8-11/h3-8,10,18H,2,9H2,1H3. The predicted molar refractivity (Wildman–Crippen MR) is 81.1 cm³/mol. The SMILES string of the molecule is CCc1cnn2c(NCc3cccnc3)cc(Cl)cc12. The first-order chi connectivity index (χ1) is 9.78.